The Balaban J connectivity index is 1.41. The predicted molar refractivity (Wildman–Crippen MR) is 180 cm³/mol. The van der Waals surface area contributed by atoms with Gasteiger partial charge in [-0.05, 0) is 69.7 Å². The van der Waals surface area contributed by atoms with Gasteiger partial charge in [0.2, 0.25) is 0 Å². The van der Waals surface area contributed by atoms with Gasteiger partial charge in [-0.15, -0.1) is 0 Å². The van der Waals surface area contributed by atoms with Crippen molar-refractivity contribution >= 4 is 27.5 Å². The monoisotopic (exact) mass is 694 g/mol. The summed E-state index contributed by atoms with van der Waals surface area (Å²) in [6, 6.07) is 30.4. The van der Waals surface area contributed by atoms with Crippen LogP contribution in [0.4, 0.5) is 0 Å². The molecular weight excluding hydrogens is 656 g/mol. The summed E-state index contributed by atoms with van der Waals surface area (Å²) < 4.78 is 31.7. The molecule has 1 N–H and O–H groups in total. The summed E-state index contributed by atoms with van der Waals surface area (Å²) in [5.41, 5.74) is 5.13. The van der Waals surface area contributed by atoms with Crippen LogP contribution in [0.25, 0.3) is 0 Å². The highest BCUT2D eigenvalue weighted by atomic mass is 79.9. The van der Waals surface area contributed by atoms with Crippen LogP contribution >= 0.6 is 27.5 Å². The van der Waals surface area contributed by atoms with Crippen LogP contribution in [0, 0.1) is 0 Å². The van der Waals surface area contributed by atoms with Crippen LogP contribution in [-0.2, 0) is 33.8 Å². The summed E-state index contributed by atoms with van der Waals surface area (Å²) in [7, 11) is 0. The third kappa shape index (κ3) is 9.55. The Bertz CT molecular complexity index is 1470. The molecule has 3 atom stereocenters. The molecule has 0 radical (unpaired) electrons. The van der Waals surface area contributed by atoms with Gasteiger partial charge in [0.05, 0.1) is 60.8 Å². The summed E-state index contributed by atoms with van der Waals surface area (Å²) in [4.78, 5) is 0. The fourth-order valence-corrected chi connectivity index (χ4v) is 6.33. The molecule has 1 fully saturated rings. The normalized spacial score (nSPS) is 18.1. The van der Waals surface area contributed by atoms with E-state index in [4.69, 9.17) is 35.3 Å². The molecule has 6 nitrogen and oxygen atoms in total. The van der Waals surface area contributed by atoms with Crippen LogP contribution in [0.15, 0.2) is 95.5 Å². The first-order valence-corrected chi connectivity index (χ1v) is 16.6. The van der Waals surface area contributed by atoms with E-state index in [1.54, 1.807) is 0 Å². The first-order valence-electron chi connectivity index (χ1n) is 15.4. The number of hydrogen-bond donors (Lipinski definition) is 1. The summed E-state index contributed by atoms with van der Waals surface area (Å²) in [5.74, 6) is 1.40. The van der Waals surface area contributed by atoms with Crippen molar-refractivity contribution in [3.05, 3.63) is 128 Å². The number of halogens is 2. The zero-order valence-corrected chi connectivity index (χ0v) is 27.8. The summed E-state index contributed by atoms with van der Waals surface area (Å²) in [6.45, 7) is 4.04. The van der Waals surface area contributed by atoms with Crippen LogP contribution in [0.1, 0.15) is 53.7 Å². The maximum atomic E-state index is 9.60. The maximum absolute atomic E-state index is 9.60. The summed E-state index contributed by atoms with van der Waals surface area (Å²) in [5, 5.41) is 10.2. The Hall–Kier alpha value is -2.91. The Morgan fingerprint density at radius 1 is 0.867 bits per heavy atom. The minimum absolute atomic E-state index is 0.0658. The number of ether oxygens (including phenoxy) is 5. The van der Waals surface area contributed by atoms with Crippen molar-refractivity contribution < 1.29 is 28.8 Å². The fourth-order valence-electron chi connectivity index (χ4n) is 5.52. The van der Waals surface area contributed by atoms with E-state index < -0.39 is 0 Å². The summed E-state index contributed by atoms with van der Waals surface area (Å²) >= 11 is 10.6. The van der Waals surface area contributed by atoms with Gasteiger partial charge in [-0.1, -0.05) is 84.4 Å². The molecule has 0 aliphatic carbocycles. The quantitative estimate of drug-likeness (QED) is 0.135. The predicted octanol–water partition coefficient (Wildman–Crippen LogP) is 8.49. The third-order valence-electron chi connectivity index (χ3n) is 7.68. The lowest BCUT2D eigenvalue weighted by Crippen LogP contribution is -2.36. The second kappa shape index (κ2) is 17.1. The zero-order valence-electron chi connectivity index (χ0n) is 25.5. The van der Waals surface area contributed by atoms with Gasteiger partial charge in [0.25, 0.3) is 0 Å². The Morgan fingerprint density at radius 2 is 1.56 bits per heavy atom. The molecule has 1 aliphatic heterocycles. The first-order chi connectivity index (χ1) is 22.0. The summed E-state index contributed by atoms with van der Waals surface area (Å²) in [6.07, 6.45) is 1.35. The smallest absolute Gasteiger partial charge is 0.140 e. The number of rotatable bonds is 15. The van der Waals surface area contributed by atoms with Gasteiger partial charge in [0, 0.05) is 18.4 Å². The van der Waals surface area contributed by atoms with E-state index in [0.29, 0.717) is 60.9 Å². The van der Waals surface area contributed by atoms with Crippen molar-refractivity contribution in [1.29, 1.82) is 0 Å². The standard InChI is InChI=1S/C37H40BrClO6/c1-2-42-30-15-13-26(14-16-30)19-29-20-33(37(43-18-17-40)35(38)36(29)39)34-22-31(44-24-28-11-7-4-8-12-28)21-32(45-34)25-41-23-27-9-5-3-6-10-27/h3-16,20,31-32,34,40H,2,17-19,21-25H2,1H3. The molecule has 5 rings (SSSR count). The molecule has 1 aliphatic rings. The maximum Gasteiger partial charge on any atom is 0.140 e. The number of benzene rings is 4. The Labute approximate surface area is 279 Å². The van der Waals surface area contributed by atoms with Crippen molar-refractivity contribution in [3.8, 4) is 11.5 Å². The molecule has 4 aromatic rings. The number of hydrogen-bond acceptors (Lipinski definition) is 6. The molecule has 0 spiro atoms. The van der Waals surface area contributed by atoms with Crippen molar-refractivity contribution in [2.75, 3.05) is 26.4 Å². The van der Waals surface area contributed by atoms with E-state index >= 15 is 0 Å². The van der Waals surface area contributed by atoms with Crippen LogP contribution in [0.2, 0.25) is 5.02 Å². The fraction of sp³-hybridized carbons (Fsp3) is 0.351. The van der Waals surface area contributed by atoms with Crippen LogP contribution in [-0.4, -0.2) is 43.7 Å². The van der Waals surface area contributed by atoms with Gasteiger partial charge in [-0.3, -0.25) is 0 Å². The van der Waals surface area contributed by atoms with Gasteiger partial charge < -0.3 is 28.8 Å². The van der Waals surface area contributed by atoms with Gasteiger partial charge in [-0.25, -0.2) is 0 Å². The third-order valence-corrected chi connectivity index (χ3v) is 9.10. The molecule has 8 heteroatoms. The van der Waals surface area contributed by atoms with E-state index in [-0.39, 0.29) is 31.5 Å². The van der Waals surface area contributed by atoms with E-state index in [0.717, 1.165) is 33.6 Å². The minimum atomic E-state index is -0.341. The lowest BCUT2D eigenvalue weighted by atomic mass is 9.93. The average molecular weight is 696 g/mol. The van der Waals surface area contributed by atoms with Crippen LogP contribution in [0.3, 0.4) is 0 Å². The van der Waals surface area contributed by atoms with Crippen molar-refractivity contribution in [3.63, 3.8) is 0 Å². The average Bonchev–Trinajstić information content (AvgIpc) is 3.07. The first kappa shape index (κ1) is 33.5. The van der Waals surface area contributed by atoms with E-state index in [1.807, 2.05) is 55.5 Å². The highest BCUT2D eigenvalue weighted by molar-refractivity contribution is 9.10. The largest absolute Gasteiger partial charge is 0.494 e. The Morgan fingerprint density at radius 3 is 2.22 bits per heavy atom. The topological polar surface area (TPSA) is 66.4 Å². The van der Waals surface area contributed by atoms with Gasteiger partial charge >= 0.3 is 0 Å². The van der Waals surface area contributed by atoms with Gasteiger partial charge in [-0.2, -0.15) is 0 Å². The van der Waals surface area contributed by atoms with E-state index in [9.17, 15) is 5.11 Å². The molecule has 238 valence electrons. The number of aliphatic hydroxyl groups is 1. The molecule has 0 aromatic heterocycles. The molecule has 3 unspecified atom stereocenters. The molecule has 1 heterocycles. The van der Waals surface area contributed by atoms with Crippen molar-refractivity contribution in [2.24, 2.45) is 0 Å². The SMILES string of the molecule is CCOc1ccc(Cc2cc(C3CC(OCc4ccccc4)CC(COCc4ccccc4)O3)c(OCCO)c(Br)c2Cl)cc1. The van der Waals surface area contributed by atoms with Crippen LogP contribution < -0.4 is 9.47 Å². The molecule has 0 bridgehead atoms. The zero-order chi connectivity index (χ0) is 31.4. The second-order valence-corrected chi connectivity index (χ2v) is 12.2. The minimum Gasteiger partial charge on any atom is -0.494 e. The lowest BCUT2D eigenvalue weighted by Gasteiger charge is -2.36. The molecule has 0 saturated carbocycles. The number of aliphatic hydroxyl groups excluding tert-OH is 1. The molecule has 4 aromatic carbocycles. The van der Waals surface area contributed by atoms with Crippen molar-refractivity contribution in [1.82, 2.24) is 0 Å². The molecule has 0 amide bonds. The lowest BCUT2D eigenvalue weighted by molar-refractivity contribution is -0.142. The molecule has 45 heavy (non-hydrogen) atoms. The van der Waals surface area contributed by atoms with Crippen molar-refractivity contribution in [2.45, 2.75) is 57.7 Å². The highest BCUT2D eigenvalue weighted by Gasteiger charge is 2.34. The van der Waals surface area contributed by atoms with E-state index in [1.165, 1.54) is 0 Å². The highest BCUT2D eigenvalue weighted by Crippen LogP contribution is 2.45. The second-order valence-electron chi connectivity index (χ2n) is 11.0. The molecule has 1 saturated heterocycles. The van der Waals surface area contributed by atoms with Crippen LogP contribution in [0.5, 0.6) is 11.5 Å². The molecular formula is C37H40BrClO6. The Kier molecular flexibility index (Phi) is 12.7. The van der Waals surface area contributed by atoms with E-state index in [2.05, 4.69) is 58.4 Å². The van der Waals surface area contributed by atoms with Gasteiger partial charge in [0.15, 0.2) is 0 Å². The van der Waals surface area contributed by atoms with Gasteiger partial charge in [0.1, 0.15) is 18.1 Å².